The molecule has 1 N–H and O–H groups in total. The van der Waals surface area contributed by atoms with Crippen LogP contribution in [0.25, 0.3) is 0 Å². The minimum Gasteiger partial charge on any atom is -0.319 e. The molecule has 0 aliphatic heterocycles. The molecule has 0 spiro atoms. The summed E-state index contributed by atoms with van der Waals surface area (Å²) >= 11 is 0. The van der Waals surface area contributed by atoms with E-state index in [1.54, 1.807) is 0 Å². The van der Waals surface area contributed by atoms with Gasteiger partial charge in [0, 0.05) is 19.1 Å². The molecule has 1 fully saturated rings. The molecule has 0 bridgehead atoms. The second kappa shape index (κ2) is 5.86. The normalized spacial score (nSPS) is 19.8. The van der Waals surface area contributed by atoms with Crippen LogP contribution in [-0.4, -0.2) is 38.1 Å². The van der Waals surface area contributed by atoms with Crippen molar-refractivity contribution in [3.8, 4) is 0 Å². The molecule has 0 atom stereocenters. The Morgan fingerprint density at radius 1 is 1.20 bits per heavy atom. The number of hydrogen-bond acceptors (Lipinski definition) is 2. The first-order chi connectivity index (χ1) is 7.05. The van der Waals surface area contributed by atoms with Crippen molar-refractivity contribution in [3.63, 3.8) is 0 Å². The number of rotatable bonds is 5. The predicted molar refractivity (Wildman–Crippen MR) is 67.2 cm³/mol. The van der Waals surface area contributed by atoms with Crippen LogP contribution < -0.4 is 5.32 Å². The summed E-state index contributed by atoms with van der Waals surface area (Å²) in [5.74, 6) is 0. The summed E-state index contributed by atoms with van der Waals surface area (Å²) in [6.45, 7) is 7.01. The maximum Gasteiger partial charge on any atom is 0.00924 e. The fourth-order valence-electron chi connectivity index (χ4n) is 2.86. The van der Waals surface area contributed by atoms with E-state index >= 15 is 0 Å². The SMILES string of the molecule is CNCC(C)(C)CN(C)C1CCCCC1. The summed E-state index contributed by atoms with van der Waals surface area (Å²) in [4.78, 5) is 2.58. The second-order valence-corrected chi connectivity index (χ2v) is 5.90. The van der Waals surface area contributed by atoms with E-state index in [0.717, 1.165) is 12.6 Å². The van der Waals surface area contributed by atoms with Gasteiger partial charge in [0.25, 0.3) is 0 Å². The van der Waals surface area contributed by atoms with Gasteiger partial charge in [-0.25, -0.2) is 0 Å². The first-order valence-corrected chi connectivity index (χ1v) is 6.40. The Kier molecular flexibility index (Phi) is 5.07. The molecule has 2 nitrogen and oxygen atoms in total. The molecule has 0 unspecified atom stereocenters. The van der Waals surface area contributed by atoms with E-state index in [2.05, 4.69) is 31.1 Å². The van der Waals surface area contributed by atoms with Crippen LogP contribution >= 0.6 is 0 Å². The zero-order valence-electron chi connectivity index (χ0n) is 11.0. The molecule has 1 aliphatic carbocycles. The monoisotopic (exact) mass is 212 g/mol. The molecule has 0 radical (unpaired) electrons. The third-order valence-electron chi connectivity index (χ3n) is 3.53. The molecule has 0 saturated heterocycles. The molecule has 1 aliphatic rings. The second-order valence-electron chi connectivity index (χ2n) is 5.90. The molecule has 0 heterocycles. The molecule has 0 aromatic carbocycles. The Morgan fingerprint density at radius 3 is 2.33 bits per heavy atom. The van der Waals surface area contributed by atoms with E-state index in [1.165, 1.54) is 38.6 Å². The fourth-order valence-corrected chi connectivity index (χ4v) is 2.86. The van der Waals surface area contributed by atoms with E-state index in [9.17, 15) is 0 Å². The molecule has 15 heavy (non-hydrogen) atoms. The largest absolute Gasteiger partial charge is 0.319 e. The van der Waals surface area contributed by atoms with Crippen LogP contribution in [0.3, 0.4) is 0 Å². The Bertz CT molecular complexity index is 171. The Morgan fingerprint density at radius 2 is 1.80 bits per heavy atom. The highest BCUT2D eigenvalue weighted by atomic mass is 15.1. The van der Waals surface area contributed by atoms with Crippen LogP contribution in [0, 0.1) is 5.41 Å². The molecule has 1 rings (SSSR count). The third-order valence-corrected chi connectivity index (χ3v) is 3.53. The van der Waals surface area contributed by atoms with Crippen molar-refractivity contribution in [2.75, 3.05) is 27.2 Å². The lowest BCUT2D eigenvalue weighted by Crippen LogP contribution is -2.43. The van der Waals surface area contributed by atoms with E-state index in [1.807, 2.05) is 7.05 Å². The van der Waals surface area contributed by atoms with Crippen molar-refractivity contribution in [3.05, 3.63) is 0 Å². The quantitative estimate of drug-likeness (QED) is 0.753. The molecule has 90 valence electrons. The van der Waals surface area contributed by atoms with Crippen LogP contribution in [0.2, 0.25) is 0 Å². The van der Waals surface area contributed by atoms with Crippen molar-refractivity contribution in [1.29, 1.82) is 0 Å². The maximum absolute atomic E-state index is 3.29. The van der Waals surface area contributed by atoms with Gasteiger partial charge in [-0.05, 0) is 32.4 Å². The average Bonchev–Trinajstić information content (AvgIpc) is 2.18. The van der Waals surface area contributed by atoms with Crippen LogP contribution in [0.5, 0.6) is 0 Å². The summed E-state index contributed by atoms with van der Waals surface area (Å²) in [5.41, 5.74) is 0.390. The lowest BCUT2D eigenvalue weighted by Gasteiger charge is -2.37. The minimum absolute atomic E-state index is 0.390. The van der Waals surface area contributed by atoms with Crippen molar-refractivity contribution in [1.82, 2.24) is 10.2 Å². The summed E-state index contributed by atoms with van der Waals surface area (Å²) in [6.07, 6.45) is 7.13. The average molecular weight is 212 g/mol. The highest BCUT2D eigenvalue weighted by Gasteiger charge is 2.24. The molecule has 0 amide bonds. The van der Waals surface area contributed by atoms with Crippen LogP contribution in [0.4, 0.5) is 0 Å². The van der Waals surface area contributed by atoms with Gasteiger partial charge in [-0.2, -0.15) is 0 Å². The predicted octanol–water partition coefficient (Wildman–Crippen LogP) is 2.50. The lowest BCUT2D eigenvalue weighted by atomic mass is 9.89. The zero-order chi connectivity index (χ0) is 11.3. The summed E-state index contributed by atoms with van der Waals surface area (Å²) in [6, 6.07) is 0.842. The number of nitrogens with zero attached hydrogens (tertiary/aromatic N) is 1. The van der Waals surface area contributed by atoms with E-state index in [4.69, 9.17) is 0 Å². The van der Waals surface area contributed by atoms with Crippen LogP contribution in [0.1, 0.15) is 46.0 Å². The molecule has 0 aromatic heterocycles. The smallest absolute Gasteiger partial charge is 0.00924 e. The summed E-state index contributed by atoms with van der Waals surface area (Å²) in [7, 11) is 4.34. The van der Waals surface area contributed by atoms with Crippen molar-refractivity contribution in [2.45, 2.75) is 52.0 Å². The van der Waals surface area contributed by atoms with E-state index in [0.29, 0.717) is 5.41 Å². The zero-order valence-corrected chi connectivity index (χ0v) is 11.0. The van der Waals surface area contributed by atoms with Crippen molar-refractivity contribution in [2.24, 2.45) is 5.41 Å². The number of hydrogen-bond donors (Lipinski definition) is 1. The Hall–Kier alpha value is -0.0800. The Balaban J connectivity index is 2.35. The van der Waals surface area contributed by atoms with E-state index in [-0.39, 0.29) is 0 Å². The first-order valence-electron chi connectivity index (χ1n) is 6.40. The lowest BCUT2D eigenvalue weighted by molar-refractivity contribution is 0.132. The van der Waals surface area contributed by atoms with Crippen LogP contribution in [-0.2, 0) is 0 Å². The highest BCUT2D eigenvalue weighted by molar-refractivity contribution is 4.80. The molecule has 0 aromatic rings. The van der Waals surface area contributed by atoms with Gasteiger partial charge in [0.1, 0.15) is 0 Å². The highest BCUT2D eigenvalue weighted by Crippen LogP contribution is 2.24. The molecule has 1 saturated carbocycles. The van der Waals surface area contributed by atoms with Gasteiger partial charge in [-0.1, -0.05) is 33.1 Å². The summed E-state index contributed by atoms with van der Waals surface area (Å²) in [5, 5.41) is 3.29. The maximum atomic E-state index is 3.29. The van der Waals surface area contributed by atoms with Gasteiger partial charge >= 0.3 is 0 Å². The molecular formula is C13H28N2. The molecular weight excluding hydrogens is 184 g/mol. The van der Waals surface area contributed by atoms with Gasteiger partial charge in [0.05, 0.1) is 0 Å². The van der Waals surface area contributed by atoms with E-state index < -0.39 is 0 Å². The standard InChI is InChI=1S/C13H28N2/c1-13(2,10-14-3)11-15(4)12-8-6-5-7-9-12/h12,14H,5-11H2,1-4H3. The first kappa shape index (κ1) is 13.0. The van der Waals surface area contributed by atoms with Gasteiger partial charge in [-0.15, -0.1) is 0 Å². The van der Waals surface area contributed by atoms with Crippen molar-refractivity contribution < 1.29 is 0 Å². The van der Waals surface area contributed by atoms with Crippen molar-refractivity contribution >= 4 is 0 Å². The summed E-state index contributed by atoms with van der Waals surface area (Å²) < 4.78 is 0. The van der Waals surface area contributed by atoms with Gasteiger partial charge in [0.15, 0.2) is 0 Å². The third kappa shape index (κ3) is 4.52. The number of nitrogens with one attached hydrogen (secondary N) is 1. The van der Waals surface area contributed by atoms with Gasteiger partial charge in [0.2, 0.25) is 0 Å². The van der Waals surface area contributed by atoms with Gasteiger partial charge < -0.3 is 10.2 Å². The Labute approximate surface area is 95.4 Å². The molecule has 2 heteroatoms. The topological polar surface area (TPSA) is 15.3 Å². The van der Waals surface area contributed by atoms with Gasteiger partial charge in [-0.3, -0.25) is 0 Å². The fraction of sp³-hybridized carbons (Fsp3) is 1.00. The minimum atomic E-state index is 0.390. The van der Waals surface area contributed by atoms with Crippen LogP contribution in [0.15, 0.2) is 0 Å².